The number of halogens is 1. The molecule has 1 aromatic heterocycles. The molecule has 5 heteroatoms. The van der Waals surface area contributed by atoms with E-state index in [1.807, 2.05) is 6.92 Å². The zero-order valence-electron chi connectivity index (χ0n) is 13.0. The summed E-state index contributed by atoms with van der Waals surface area (Å²) in [6.07, 6.45) is 3.57. The Morgan fingerprint density at radius 1 is 1.50 bits per heavy atom. The van der Waals surface area contributed by atoms with Gasteiger partial charge in [0.1, 0.15) is 0 Å². The molecule has 0 aromatic carbocycles. The lowest BCUT2D eigenvalue weighted by molar-refractivity contribution is 0.396. The van der Waals surface area contributed by atoms with E-state index in [2.05, 4.69) is 47.6 Å². The molecule has 2 unspecified atom stereocenters. The lowest BCUT2D eigenvalue weighted by atomic mass is 9.92. The summed E-state index contributed by atoms with van der Waals surface area (Å²) in [5.74, 6) is 1.28. The Hall–Kier alpha value is -0.190. The highest BCUT2D eigenvalue weighted by molar-refractivity contribution is 8.00. The van der Waals surface area contributed by atoms with Crippen molar-refractivity contribution in [3.8, 4) is 0 Å². The summed E-state index contributed by atoms with van der Waals surface area (Å²) in [7, 11) is 0. The molecule has 3 nitrogen and oxygen atoms in total. The fourth-order valence-electron chi connectivity index (χ4n) is 3.08. The van der Waals surface area contributed by atoms with Crippen molar-refractivity contribution in [3.05, 3.63) is 16.4 Å². The largest absolute Gasteiger partial charge is 0.312 e. The Balaban J connectivity index is 2.24. The molecule has 0 amide bonds. The van der Waals surface area contributed by atoms with E-state index in [1.165, 1.54) is 24.3 Å². The molecule has 0 radical (unpaired) electrons. The normalized spacial score (nSPS) is 24.2. The maximum absolute atomic E-state index is 6.47. The van der Waals surface area contributed by atoms with E-state index in [9.17, 15) is 0 Å². The number of nitrogens with one attached hydrogen (secondary N) is 1. The first-order chi connectivity index (χ1) is 9.51. The molecular formula is C15H26ClN3S. The smallest absolute Gasteiger partial charge is 0.0847 e. The maximum atomic E-state index is 6.47. The van der Waals surface area contributed by atoms with Gasteiger partial charge in [-0.15, -0.1) is 0 Å². The fraction of sp³-hybridized carbons (Fsp3) is 0.800. The highest BCUT2D eigenvalue weighted by Gasteiger charge is 2.38. The molecule has 20 heavy (non-hydrogen) atoms. The van der Waals surface area contributed by atoms with Gasteiger partial charge < -0.3 is 5.32 Å². The van der Waals surface area contributed by atoms with Gasteiger partial charge in [-0.25, -0.2) is 0 Å². The second-order valence-corrected chi connectivity index (χ2v) is 7.75. The third-order valence-electron chi connectivity index (χ3n) is 4.29. The van der Waals surface area contributed by atoms with Crippen molar-refractivity contribution in [2.75, 3.05) is 12.3 Å². The van der Waals surface area contributed by atoms with Crippen molar-refractivity contribution < 1.29 is 0 Å². The van der Waals surface area contributed by atoms with Crippen molar-refractivity contribution >= 4 is 23.4 Å². The molecule has 1 aromatic rings. The van der Waals surface area contributed by atoms with Crippen LogP contribution >= 0.6 is 23.4 Å². The van der Waals surface area contributed by atoms with Crippen LogP contribution in [0.5, 0.6) is 0 Å². The number of aryl methyl sites for hydroxylation is 2. The summed E-state index contributed by atoms with van der Waals surface area (Å²) in [5, 5.41) is 9.07. The zero-order chi connectivity index (χ0) is 14.8. The van der Waals surface area contributed by atoms with E-state index in [0.717, 1.165) is 30.2 Å². The summed E-state index contributed by atoms with van der Waals surface area (Å²) < 4.78 is 2.38. The minimum Gasteiger partial charge on any atom is -0.312 e. The van der Waals surface area contributed by atoms with E-state index >= 15 is 0 Å². The molecule has 2 rings (SSSR count). The molecular weight excluding hydrogens is 290 g/mol. The summed E-state index contributed by atoms with van der Waals surface area (Å²) in [6.45, 7) is 10.6. The van der Waals surface area contributed by atoms with E-state index in [0.29, 0.717) is 10.8 Å². The lowest BCUT2D eigenvalue weighted by Crippen LogP contribution is -2.47. The quantitative estimate of drug-likeness (QED) is 0.868. The van der Waals surface area contributed by atoms with Gasteiger partial charge in [-0.3, -0.25) is 4.68 Å². The predicted molar refractivity (Wildman–Crippen MR) is 88.9 cm³/mol. The predicted octanol–water partition coefficient (Wildman–Crippen LogP) is 3.67. The fourth-order valence-corrected chi connectivity index (χ4v) is 4.71. The summed E-state index contributed by atoms with van der Waals surface area (Å²) in [6, 6.07) is 0.457. The van der Waals surface area contributed by atoms with Crippen molar-refractivity contribution in [2.45, 2.75) is 64.3 Å². The van der Waals surface area contributed by atoms with Crippen LogP contribution < -0.4 is 5.32 Å². The summed E-state index contributed by atoms with van der Waals surface area (Å²) >= 11 is 8.57. The molecule has 114 valence electrons. The van der Waals surface area contributed by atoms with Gasteiger partial charge >= 0.3 is 0 Å². The van der Waals surface area contributed by atoms with E-state index < -0.39 is 0 Å². The van der Waals surface area contributed by atoms with Gasteiger partial charge in [0, 0.05) is 23.8 Å². The highest BCUT2D eigenvalue weighted by atomic mass is 35.5. The molecule has 0 bridgehead atoms. The topological polar surface area (TPSA) is 29.9 Å². The standard InChI is InChI=1S/C15H26ClN3S/c1-5-17-13(15(4)8-7-9-20-15)10-12-14(16)11(3)18-19(12)6-2/h13,17H,5-10H2,1-4H3. The molecule has 1 aliphatic rings. The average Bonchev–Trinajstić information content (AvgIpc) is 2.97. The van der Waals surface area contributed by atoms with Crippen LogP contribution in [-0.4, -0.2) is 32.9 Å². The first-order valence-corrected chi connectivity index (χ1v) is 8.97. The molecule has 1 saturated heterocycles. The number of rotatable bonds is 6. The van der Waals surface area contributed by atoms with Gasteiger partial charge in [0.25, 0.3) is 0 Å². The minimum atomic E-state index is 0.316. The maximum Gasteiger partial charge on any atom is 0.0847 e. The molecule has 1 aliphatic heterocycles. The zero-order valence-corrected chi connectivity index (χ0v) is 14.6. The van der Waals surface area contributed by atoms with Crippen LogP contribution in [0.2, 0.25) is 5.02 Å². The number of aromatic nitrogens is 2. The lowest BCUT2D eigenvalue weighted by Gasteiger charge is -2.34. The second-order valence-electron chi connectivity index (χ2n) is 5.74. The van der Waals surface area contributed by atoms with Crippen LogP contribution in [0.4, 0.5) is 0 Å². The van der Waals surface area contributed by atoms with Crippen LogP contribution in [0.3, 0.4) is 0 Å². The van der Waals surface area contributed by atoms with E-state index in [-0.39, 0.29) is 0 Å². The van der Waals surface area contributed by atoms with Gasteiger partial charge in [-0.1, -0.05) is 18.5 Å². The SMILES string of the molecule is CCNC(Cc1c(Cl)c(C)nn1CC)C1(C)CCCS1. The van der Waals surface area contributed by atoms with Crippen molar-refractivity contribution in [3.63, 3.8) is 0 Å². The molecule has 0 aliphatic carbocycles. The third-order valence-corrected chi connectivity index (χ3v) is 6.42. The van der Waals surface area contributed by atoms with Gasteiger partial charge in [0.15, 0.2) is 0 Å². The Kier molecular flexibility index (Phi) is 5.43. The number of thioether (sulfide) groups is 1. The molecule has 2 atom stereocenters. The second kappa shape index (κ2) is 6.71. The van der Waals surface area contributed by atoms with E-state index in [1.54, 1.807) is 0 Å². The first-order valence-electron chi connectivity index (χ1n) is 7.61. The number of nitrogens with zero attached hydrogens (tertiary/aromatic N) is 2. The molecule has 1 fully saturated rings. The molecule has 1 N–H and O–H groups in total. The summed E-state index contributed by atoms with van der Waals surface area (Å²) in [4.78, 5) is 0. The average molecular weight is 316 g/mol. The highest BCUT2D eigenvalue weighted by Crippen LogP contribution is 2.41. The number of hydrogen-bond donors (Lipinski definition) is 1. The molecule has 2 heterocycles. The summed E-state index contributed by atoms with van der Waals surface area (Å²) in [5.41, 5.74) is 2.13. The van der Waals surface area contributed by atoms with Crippen LogP contribution in [0.15, 0.2) is 0 Å². The Bertz CT molecular complexity index is 452. The number of likely N-dealkylation sites (N-methyl/N-ethyl adjacent to an activating group) is 1. The Labute approximate surface area is 131 Å². The van der Waals surface area contributed by atoms with Crippen LogP contribution in [0.1, 0.15) is 45.0 Å². The van der Waals surface area contributed by atoms with Gasteiger partial charge in [0.05, 0.1) is 16.4 Å². The van der Waals surface area contributed by atoms with Gasteiger partial charge in [-0.05, 0) is 45.9 Å². The van der Waals surface area contributed by atoms with Gasteiger partial charge in [-0.2, -0.15) is 16.9 Å². The van der Waals surface area contributed by atoms with Crippen LogP contribution in [-0.2, 0) is 13.0 Å². The molecule has 0 saturated carbocycles. The monoisotopic (exact) mass is 315 g/mol. The minimum absolute atomic E-state index is 0.316. The Morgan fingerprint density at radius 3 is 2.80 bits per heavy atom. The van der Waals surface area contributed by atoms with E-state index in [4.69, 9.17) is 11.6 Å². The number of hydrogen-bond acceptors (Lipinski definition) is 3. The first kappa shape index (κ1) is 16.2. The van der Waals surface area contributed by atoms with Crippen LogP contribution in [0, 0.1) is 6.92 Å². The van der Waals surface area contributed by atoms with Crippen LogP contribution in [0.25, 0.3) is 0 Å². The van der Waals surface area contributed by atoms with Crippen molar-refractivity contribution in [1.29, 1.82) is 0 Å². The third kappa shape index (κ3) is 3.18. The molecule has 0 spiro atoms. The van der Waals surface area contributed by atoms with Crippen molar-refractivity contribution in [1.82, 2.24) is 15.1 Å². The van der Waals surface area contributed by atoms with Crippen molar-refractivity contribution in [2.24, 2.45) is 0 Å². The Morgan fingerprint density at radius 2 is 2.25 bits per heavy atom. The van der Waals surface area contributed by atoms with Gasteiger partial charge in [0.2, 0.25) is 0 Å².